The summed E-state index contributed by atoms with van der Waals surface area (Å²) in [6, 6.07) is 6.98. The quantitative estimate of drug-likeness (QED) is 0.573. The second-order valence-electron chi connectivity index (χ2n) is 4.94. The molecule has 0 saturated carbocycles. The van der Waals surface area contributed by atoms with Gasteiger partial charge in [-0.1, -0.05) is 11.6 Å². The zero-order chi connectivity index (χ0) is 18.9. The lowest BCUT2D eigenvalue weighted by molar-refractivity contribution is -0.137. The Hall–Kier alpha value is -2.94. The molecule has 0 amide bonds. The molecule has 3 rings (SSSR count). The van der Waals surface area contributed by atoms with Gasteiger partial charge in [-0.05, 0) is 35.5 Å². The minimum absolute atomic E-state index is 0.0181. The zero-order valence-corrected chi connectivity index (χ0v) is 13.3. The molecule has 5 nitrogen and oxygen atoms in total. The smallest absolute Gasteiger partial charge is 0.416 e. The fourth-order valence-corrected chi connectivity index (χ4v) is 2.14. The molecule has 0 bridgehead atoms. The Kier molecular flexibility index (Phi) is 4.64. The van der Waals surface area contributed by atoms with E-state index in [0.717, 1.165) is 24.3 Å². The van der Waals surface area contributed by atoms with Crippen LogP contribution in [0.3, 0.4) is 0 Å². The highest BCUT2D eigenvalue weighted by molar-refractivity contribution is 6.32. The van der Waals surface area contributed by atoms with Gasteiger partial charge in [-0.15, -0.1) is 0 Å². The first-order valence-corrected chi connectivity index (χ1v) is 7.28. The van der Waals surface area contributed by atoms with Crippen LogP contribution >= 0.6 is 11.6 Å². The summed E-state index contributed by atoms with van der Waals surface area (Å²) in [7, 11) is 0. The van der Waals surface area contributed by atoms with E-state index in [2.05, 4.69) is 9.68 Å². The van der Waals surface area contributed by atoms with Crippen molar-refractivity contribution in [2.75, 3.05) is 0 Å². The van der Waals surface area contributed by atoms with Gasteiger partial charge in [0.1, 0.15) is 11.5 Å². The number of ether oxygens (including phenoxy) is 2. The number of rotatable bonds is 4. The Morgan fingerprint density at radius 3 is 2.31 bits per heavy atom. The van der Waals surface area contributed by atoms with E-state index in [4.69, 9.17) is 26.2 Å². The van der Waals surface area contributed by atoms with Crippen molar-refractivity contribution in [3.63, 3.8) is 0 Å². The molecule has 10 heteroatoms. The average molecular weight is 390 g/mol. The Morgan fingerprint density at radius 2 is 1.73 bits per heavy atom. The van der Waals surface area contributed by atoms with Crippen molar-refractivity contribution in [1.29, 1.82) is 0 Å². The van der Waals surface area contributed by atoms with Crippen molar-refractivity contribution in [2.24, 2.45) is 0 Å². The third-order valence-corrected chi connectivity index (χ3v) is 3.37. The van der Waals surface area contributed by atoms with Crippen molar-refractivity contribution >= 4 is 11.6 Å². The van der Waals surface area contributed by atoms with Gasteiger partial charge < -0.3 is 19.1 Å². The highest BCUT2D eigenvalue weighted by Crippen LogP contribution is 2.37. The van der Waals surface area contributed by atoms with E-state index >= 15 is 0 Å². The molecule has 1 heterocycles. The molecule has 0 atom stereocenters. The van der Waals surface area contributed by atoms with Gasteiger partial charge in [0.25, 0.3) is 5.88 Å². The van der Waals surface area contributed by atoms with E-state index < -0.39 is 23.4 Å². The van der Waals surface area contributed by atoms with Crippen LogP contribution in [0.4, 0.5) is 17.6 Å². The summed E-state index contributed by atoms with van der Waals surface area (Å²) in [6.45, 7) is 0. The Bertz CT molecular complexity index is 942. The molecule has 3 aromatic rings. The molecular weight excluding hydrogens is 382 g/mol. The Labute approximate surface area is 148 Å². The minimum Gasteiger partial charge on any atom is -0.491 e. The Morgan fingerprint density at radius 1 is 1.00 bits per heavy atom. The number of benzene rings is 2. The summed E-state index contributed by atoms with van der Waals surface area (Å²) in [4.78, 5) is 0. The van der Waals surface area contributed by atoms with Gasteiger partial charge in [-0.25, -0.2) is 4.39 Å². The summed E-state index contributed by atoms with van der Waals surface area (Å²) in [5, 5.41) is 11.9. The number of alkyl halides is 3. The lowest BCUT2D eigenvalue weighted by Gasteiger charge is -2.12. The maximum atomic E-state index is 14.1. The van der Waals surface area contributed by atoms with Crippen molar-refractivity contribution in [1.82, 2.24) is 5.16 Å². The van der Waals surface area contributed by atoms with Crippen LogP contribution in [0.25, 0.3) is 0 Å². The van der Waals surface area contributed by atoms with Crippen molar-refractivity contribution in [3.8, 4) is 29.1 Å². The second kappa shape index (κ2) is 6.75. The molecular formula is C16H8ClF4NO4. The molecule has 0 aliphatic heterocycles. The molecule has 0 aliphatic carbocycles. The third kappa shape index (κ3) is 3.99. The first-order chi connectivity index (χ1) is 12.2. The predicted molar refractivity (Wildman–Crippen MR) is 81.2 cm³/mol. The molecule has 0 radical (unpaired) electrons. The molecule has 1 N–H and O–H groups in total. The largest absolute Gasteiger partial charge is 0.491 e. The molecule has 0 aliphatic rings. The standard InChI is InChI=1S/C16H8ClF4NO4/c17-10-5-8(16(19,20)21)1-3-12(10)25-13-4-2-9(6-11(13)18)24-15-7-14(23)22-26-15/h1-7H,(H,22,23). The average Bonchev–Trinajstić information content (AvgIpc) is 2.95. The molecule has 26 heavy (non-hydrogen) atoms. The third-order valence-electron chi connectivity index (χ3n) is 3.08. The molecule has 1 aromatic heterocycles. The van der Waals surface area contributed by atoms with Gasteiger partial charge in [0.15, 0.2) is 11.6 Å². The fourth-order valence-electron chi connectivity index (χ4n) is 1.92. The maximum absolute atomic E-state index is 14.1. The molecule has 0 saturated heterocycles. The highest BCUT2D eigenvalue weighted by Gasteiger charge is 2.31. The summed E-state index contributed by atoms with van der Waals surface area (Å²) in [5.41, 5.74) is -0.950. The first-order valence-electron chi connectivity index (χ1n) is 6.90. The number of halogens is 5. The molecule has 0 unspecified atom stereocenters. The molecule has 2 aromatic carbocycles. The topological polar surface area (TPSA) is 64.7 Å². The number of aromatic nitrogens is 1. The highest BCUT2D eigenvalue weighted by atomic mass is 35.5. The zero-order valence-electron chi connectivity index (χ0n) is 12.6. The first kappa shape index (κ1) is 17.9. The van der Waals surface area contributed by atoms with Crippen LogP contribution in [-0.2, 0) is 6.18 Å². The monoisotopic (exact) mass is 389 g/mol. The van der Waals surface area contributed by atoms with E-state index in [1.165, 1.54) is 12.1 Å². The van der Waals surface area contributed by atoms with Gasteiger partial charge >= 0.3 is 12.1 Å². The normalized spacial score (nSPS) is 11.4. The van der Waals surface area contributed by atoms with Gasteiger partial charge in [-0.3, -0.25) is 0 Å². The predicted octanol–water partition coefficient (Wildman–Crippen LogP) is 5.78. The van der Waals surface area contributed by atoms with Crippen molar-refractivity contribution < 1.29 is 36.7 Å². The van der Waals surface area contributed by atoms with Gasteiger partial charge in [-0.2, -0.15) is 13.2 Å². The van der Waals surface area contributed by atoms with Crippen LogP contribution in [0.2, 0.25) is 5.02 Å². The fraction of sp³-hybridized carbons (Fsp3) is 0.0625. The van der Waals surface area contributed by atoms with Crippen molar-refractivity contribution in [2.45, 2.75) is 6.18 Å². The van der Waals surface area contributed by atoms with E-state index in [0.29, 0.717) is 6.07 Å². The lowest BCUT2D eigenvalue weighted by Crippen LogP contribution is -2.04. The van der Waals surface area contributed by atoms with Gasteiger partial charge in [0, 0.05) is 6.07 Å². The van der Waals surface area contributed by atoms with E-state index in [1.807, 2.05) is 0 Å². The summed E-state index contributed by atoms with van der Waals surface area (Å²) in [5.74, 6) is -1.84. The van der Waals surface area contributed by atoms with Crippen molar-refractivity contribution in [3.05, 3.63) is 58.9 Å². The maximum Gasteiger partial charge on any atom is 0.416 e. The van der Waals surface area contributed by atoms with Crippen LogP contribution in [-0.4, -0.2) is 10.3 Å². The number of aromatic hydroxyl groups is 1. The van der Waals surface area contributed by atoms with Crippen LogP contribution in [0.5, 0.6) is 29.1 Å². The number of hydrogen-bond acceptors (Lipinski definition) is 5. The molecule has 0 fully saturated rings. The summed E-state index contributed by atoms with van der Waals surface area (Å²) in [6.07, 6.45) is -4.55. The van der Waals surface area contributed by atoms with E-state index in [-0.39, 0.29) is 28.2 Å². The van der Waals surface area contributed by atoms with Crippen LogP contribution in [0.1, 0.15) is 5.56 Å². The Balaban J connectivity index is 1.78. The van der Waals surface area contributed by atoms with Gasteiger partial charge in [0.2, 0.25) is 0 Å². The van der Waals surface area contributed by atoms with E-state index in [1.54, 1.807) is 0 Å². The van der Waals surface area contributed by atoms with Gasteiger partial charge in [0.05, 0.1) is 16.7 Å². The second-order valence-corrected chi connectivity index (χ2v) is 5.35. The molecule has 136 valence electrons. The van der Waals surface area contributed by atoms with Crippen LogP contribution in [0, 0.1) is 5.82 Å². The number of nitrogens with zero attached hydrogens (tertiary/aromatic N) is 1. The molecule has 0 spiro atoms. The van der Waals surface area contributed by atoms with Crippen LogP contribution < -0.4 is 9.47 Å². The minimum atomic E-state index is -4.55. The number of hydrogen-bond donors (Lipinski definition) is 1. The van der Waals surface area contributed by atoms with Crippen LogP contribution in [0.15, 0.2) is 47.0 Å². The summed E-state index contributed by atoms with van der Waals surface area (Å²) < 4.78 is 66.9. The lowest BCUT2D eigenvalue weighted by atomic mass is 10.2. The summed E-state index contributed by atoms with van der Waals surface area (Å²) >= 11 is 5.76. The SMILES string of the molecule is Oc1cc(Oc2ccc(Oc3ccc(C(F)(F)F)cc3Cl)c(F)c2)on1. The van der Waals surface area contributed by atoms with E-state index in [9.17, 15) is 17.6 Å².